The average molecular weight is 184 g/mol. The van der Waals surface area contributed by atoms with Crippen LogP contribution in [0.15, 0.2) is 42.2 Å². The molecule has 0 spiro atoms. The van der Waals surface area contributed by atoms with Gasteiger partial charge in [-0.2, -0.15) is 0 Å². The number of furan rings is 1. The molecule has 0 bridgehead atoms. The Kier molecular flexibility index (Phi) is 31.0. The average Bonchev–Trinajstić information content (AvgIpc) is 2.67. The lowest BCUT2D eigenvalue weighted by molar-refractivity contribution is 0.567. The van der Waals surface area contributed by atoms with E-state index in [0.717, 1.165) is 5.92 Å². The zero-order valence-corrected chi connectivity index (χ0v) is 9.71. The fourth-order valence-electron chi connectivity index (χ4n) is 0.227. The van der Waals surface area contributed by atoms with Crippen LogP contribution in [0.3, 0.4) is 0 Å². The molecule has 0 aliphatic carbocycles. The summed E-state index contributed by atoms with van der Waals surface area (Å²) in [5.41, 5.74) is 0. The maximum Gasteiger partial charge on any atom is 0.0902 e. The first-order chi connectivity index (χ1) is 6.23. The molecule has 0 atom stereocenters. The van der Waals surface area contributed by atoms with Gasteiger partial charge in [-0.15, -0.1) is 13.2 Å². The molecular formula is C12H24O. The molecule has 1 aromatic rings. The highest BCUT2D eigenvalue weighted by atomic mass is 16.3. The van der Waals surface area contributed by atoms with Crippen molar-refractivity contribution >= 4 is 0 Å². The summed E-state index contributed by atoms with van der Waals surface area (Å²) in [7, 11) is 0. The van der Waals surface area contributed by atoms with Gasteiger partial charge >= 0.3 is 0 Å². The van der Waals surface area contributed by atoms with Gasteiger partial charge in [0.15, 0.2) is 0 Å². The third-order valence-corrected chi connectivity index (χ3v) is 0.425. The molecule has 1 heterocycles. The minimum absolute atomic E-state index is 0.833. The van der Waals surface area contributed by atoms with Crippen molar-refractivity contribution in [3.63, 3.8) is 0 Å². The van der Waals surface area contributed by atoms with Gasteiger partial charge in [0, 0.05) is 0 Å². The first-order valence-corrected chi connectivity index (χ1v) is 4.70. The Morgan fingerprint density at radius 2 is 1.15 bits per heavy atom. The van der Waals surface area contributed by atoms with E-state index in [9.17, 15) is 0 Å². The highest BCUT2D eigenvalue weighted by molar-refractivity contribution is 4.79. The summed E-state index contributed by atoms with van der Waals surface area (Å²) < 4.78 is 4.58. The van der Waals surface area contributed by atoms with Gasteiger partial charge in [0.05, 0.1) is 12.5 Å². The van der Waals surface area contributed by atoms with Gasteiger partial charge in [-0.1, -0.05) is 34.6 Å². The van der Waals surface area contributed by atoms with Gasteiger partial charge in [0.25, 0.3) is 0 Å². The second kappa shape index (κ2) is 22.5. The monoisotopic (exact) mass is 184 g/mol. The zero-order valence-electron chi connectivity index (χ0n) is 9.71. The molecule has 0 aromatic carbocycles. The molecule has 1 nitrogen and oxygen atoms in total. The normalized spacial score (nSPS) is 6.62. The van der Waals surface area contributed by atoms with Crippen molar-refractivity contribution in [2.24, 2.45) is 5.92 Å². The Morgan fingerprint density at radius 1 is 0.923 bits per heavy atom. The van der Waals surface area contributed by atoms with Gasteiger partial charge in [0.1, 0.15) is 0 Å². The Morgan fingerprint density at radius 3 is 1.23 bits per heavy atom. The predicted octanol–water partition coefficient (Wildman–Crippen LogP) is 4.77. The van der Waals surface area contributed by atoms with Crippen LogP contribution in [0.4, 0.5) is 0 Å². The van der Waals surface area contributed by atoms with Crippen molar-refractivity contribution in [2.75, 3.05) is 0 Å². The zero-order chi connectivity index (χ0) is 11.1. The standard InChI is InChI=1S/C4H4O.C4H10.C2H6.C2H4/c1-2-4-5-3-1;1-4(2)3;2*1-2/h1-4H;4H,1-3H3;1-2H3;1-2H2. The molecule has 13 heavy (non-hydrogen) atoms. The number of hydrogen-bond acceptors (Lipinski definition) is 1. The molecule has 0 aliphatic rings. The summed E-state index contributed by atoms with van der Waals surface area (Å²) in [5.74, 6) is 0.833. The summed E-state index contributed by atoms with van der Waals surface area (Å²) in [6, 6.07) is 3.67. The fourth-order valence-corrected chi connectivity index (χ4v) is 0.227. The topological polar surface area (TPSA) is 13.1 Å². The van der Waals surface area contributed by atoms with Gasteiger partial charge in [-0.25, -0.2) is 0 Å². The van der Waals surface area contributed by atoms with Crippen LogP contribution in [0.2, 0.25) is 0 Å². The van der Waals surface area contributed by atoms with E-state index < -0.39 is 0 Å². The van der Waals surface area contributed by atoms with Crippen LogP contribution < -0.4 is 0 Å². The molecule has 0 saturated heterocycles. The van der Waals surface area contributed by atoms with Crippen LogP contribution in [0, 0.1) is 5.92 Å². The summed E-state index contributed by atoms with van der Waals surface area (Å²) in [6.45, 7) is 16.5. The SMILES string of the molecule is C=C.CC.CC(C)C.c1ccoc1. The number of hydrogen-bond donors (Lipinski definition) is 0. The van der Waals surface area contributed by atoms with Crippen LogP contribution in [-0.2, 0) is 0 Å². The molecule has 1 rings (SSSR count). The molecule has 1 aromatic heterocycles. The van der Waals surface area contributed by atoms with Crippen molar-refractivity contribution in [3.05, 3.63) is 37.8 Å². The van der Waals surface area contributed by atoms with E-state index in [1.165, 1.54) is 0 Å². The maximum absolute atomic E-state index is 4.58. The van der Waals surface area contributed by atoms with Crippen LogP contribution in [0.1, 0.15) is 34.6 Å². The summed E-state index contributed by atoms with van der Waals surface area (Å²) in [5, 5.41) is 0. The second-order valence-corrected chi connectivity index (χ2v) is 2.53. The quantitative estimate of drug-likeness (QED) is 0.529. The Bertz CT molecular complexity index is 99.7. The Hall–Kier alpha value is -0.980. The van der Waals surface area contributed by atoms with Gasteiger partial charge in [0.2, 0.25) is 0 Å². The van der Waals surface area contributed by atoms with E-state index in [-0.39, 0.29) is 0 Å². The van der Waals surface area contributed by atoms with E-state index in [4.69, 9.17) is 0 Å². The van der Waals surface area contributed by atoms with Crippen molar-refractivity contribution in [2.45, 2.75) is 34.6 Å². The van der Waals surface area contributed by atoms with Crippen LogP contribution in [0.25, 0.3) is 0 Å². The fraction of sp³-hybridized carbons (Fsp3) is 0.500. The molecule has 0 aliphatic heterocycles. The lowest BCUT2D eigenvalue weighted by atomic mass is 10.3. The summed E-state index contributed by atoms with van der Waals surface area (Å²) in [6.07, 6.45) is 3.25. The molecular weight excluding hydrogens is 160 g/mol. The highest BCUT2D eigenvalue weighted by Gasteiger charge is 1.68. The Labute approximate surface area is 83.5 Å². The molecule has 0 unspecified atom stereocenters. The maximum atomic E-state index is 4.58. The van der Waals surface area contributed by atoms with Gasteiger partial charge in [-0.3, -0.25) is 0 Å². The lowest BCUT2D eigenvalue weighted by Crippen LogP contribution is -1.66. The van der Waals surface area contributed by atoms with Crippen LogP contribution >= 0.6 is 0 Å². The first kappa shape index (κ1) is 17.9. The molecule has 1 heteroatoms. The Balaban J connectivity index is -0.000000114. The summed E-state index contributed by atoms with van der Waals surface area (Å²) >= 11 is 0. The largest absolute Gasteiger partial charge is 0.473 e. The van der Waals surface area contributed by atoms with Crippen LogP contribution in [0.5, 0.6) is 0 Å². The number of rotatable bonds is 0. The van der Waals surface area contributed by atoms with Gasteiger partial charge in [-0.05, 0) is 18.1 Å². The van der Waals surface area contributed by atoms with Crippen molar-refractivity contribution < 1.29 is 4.42 Å². The van der Waals surface area contributed by atoms with E-state index in [1.807, 2.05) is 26.0 Å². The molecule has 0 radical (unpaired) electrons. The predicted molar refractivity (Wildman–Crippen MR) is 61.8 cm³/mol. The molecule has 0 amide bonds. The third kappa shape index (κ3) is 55.5. The highest BCUT2D eigenvalue weighted by Crippen LogP contribution is 1.81. The van der Waals surface area contributed by atoms with E-state index >= 15 is 0 Å². The first-order valence-electron chi connectivity index (χ1n) is 4.70. The smallest absolute Gasteiger partial charge is 0.0902 e. The van der Waals surface area contributed by atoms with Crippen LogP contribution in [-0.4, -0.2) is 0 Å². The molecule has 0 fully saturated rings. The summed E-state index contributed by atoms with van der Waals surface area (Å²) in [4.78, 5) is 0. The van der Waals surface area contributed by atoms with E-state index in [0.29, 0.717) is 0 Å². The minimum atomic E-state index is 0.833. The van der Waals surface area contributed by atoms with E-state index in [1.54, 1.807) is 12.5 Å². The third-order valence-electron chi connectivity index (χ3n) is 0.425. The van der Waals surface area contributed by atoms with Gasteiger partial charge < -0.3 is 4.42 Å². The second-order valence-electron chi connectivity index (χ2n) is 2.53. The molecule has 0 saturated carbocycles. The molecule has 0 N–H and O–H groups in total. The van der Waals surface area contributed by atoms with Crippen molar-refractivity contribution in [1.82, 2.24) is 0 Å². The lowest BCUT2D eigenvalue weighted by Gasteiger charge is -1.79. The van der Waals surface area contributed by atoms with Crippen molar-refractivity contribution in [3.8, 4) is 0 Å². The van der Waals surface area contributed by atoms with E-state index in [2.05, 4.69) is 38.3 Å². The minimum Gasteiger partial charge on any atom is -0.473 e. The molecule has 78 valence electrons. The van der Waals surface area contributed by atoms with Crippen molar-refractivity contribution in [1.29, 1.82) is 0 Å².